The summed E-state index contributed by atoms with van der Waals surface area (Å²) >= 11 is 0. The standard InChI is InChI=1S/C15H24N4O2/c1-10(2)8-11-9-13(18-15(16)17-11)14(21)19-6-3-4-12(20)5-7-19/h9-10,12,20H,3-8H2,1-2H3,(H2,16,17,18)/t12-/m1/s1. The molecule has 2 rings (SSSR count). The van der Waals surface area contributed by atoms with Gasteiger partial charge in [0.1, 0.15) is 5.69 Å². The van der Waals surface area contributed by atoms with Crippen LogP contribution in [0.1, 0.15) is 49.3 Å². The van der Waals surface area contributed by atoms with Crippen LogP contribution in [0.4, 0.5) is 5.95 Å². The molecule has 6 nitrogen and oxygen atoms in total. The molecule has 1 aromatic heterocycles. The minimum atomic E-state index is -0.310. The summed E-state index contributed by atoms with van der Waals surface area (Å²) in [6.45, 7) is 5.40. The monoisotopic (exact) mass is 292 g/mol. The lowest BCUT2D eigenvalue weighted by molar-refractivity contribution is 0.0747. The Kier molecular flexibility index (Phi) is 5.12. The number of carbonyl (C=O) groups excluding carboxylic acids is 1. The summed E-state index contributed by atoms with van der Waals surface area (Å²) in [5.74, 6) is 0.463. The minimum Gasteiger partial charge on any atom is -0.393 e. The highest BCUT2D eigenvalue weighted by Gasteiger charge is 2.22. The van der Waals surface area contributed by atoms with Crippen molar-refractivity contribution in [3.05, 3.63) is 17.5 Å². The van der Waals surface area contributed by atoms with Gasteiger partial charge in [0.05, 0.1) is 6.10 Å². The van der Waals surface area contributed by atoms with Gasteiger partial charge in [0.2, 0.25) is 5.95 Å². The topological polar surface area (TPSA) is 92.3 Å². The summed E-state index contributed by atoms with van der Waals surface area (Å²) in [6.07, 6.45) is 2.63. The van der Waals surface area contributed by atoms with Crippen molar-refractivity contribution < 1.29 is 9.90 Å². The number of aromatic nitrogens is 2. The normalized spacial score (nSPS) is 19.6. The number of carbonyl (C=O) groups is 1. The quantitative estimate of drug-likeness (QED) is 0.874. The first-order valence-corrected chi connectivity index (χ1v) is 7.56. The predicted molar refractivity (Wildman–Crippen MR) is 80.7 cm³/mol. The second-order valence-corrected chi connectivity index (χ2v) is 6.08. The van der Waals surface area contributed by atoms with E-state index in [1.54, 1.807) is 11.0 Å². The maximum atomic E-state index is 12.5. The number of hydrogen-bond acceptors (Lipinski definition) is 5. The number of nitrogen functional groups attached to an aromatic ring is 1. The van der Waals surface area contributed by atoms with E-state index in [1.807, 2.05) is 0 Å². The molecule has 0 bridgehead atoms. The summed E-state index contributed by atoms with van der Waals surface area (Å²) in [5.41, 5.74) is 6.88. The van der Waals surface area contributed by atoms with E-state index in [0.29, 0.717) is 31.1 Å². The van der Waals surface area contributed by atoms with Gasteiger partial charge >= 0.3 is 0 Å². The number of amides is 1. The highest BCUT2D eigenvalue weighted by atomic mass is 16.3. The molecule has 1 atom stereocenters. The lowest BCUT2D eigenvalue weighted by Crippen LogP contribution is -2.33. The molecule has 1 aliphatic rings. The van der Waals surface area contributed by atoms with Crippen molar-refractivity contribution in [1.82, 2.24) is 14.9 Å². The van der Waals surface area contributed by atoms with E-state index in [-0.39, 0.29) is 18.0 Å². The van der Waals surface area contributed by atoms with E-state index in [1.165, 1.54) is 0 Å². The molecule has 0 saturated carbocycles. The third-order valence-electron chi connectivity index (χ3n) is 3.62. The first-order chi connectivity index (χ1) is 9.95. The first kappa shape index (κ1) is 15.7. The number of aliphatic hydroxyl groups is 1. The summed E-state index contributed by atoms with van der Waals surface area (Å²) in [4.78, 5) is 22.6. The average Bonchev–Trinajstić information content (AvgIpc) is 2.61. The van der Waals surface area contributed by atoms with Crippen LogP contribution in [-0.2, 0) is 6.42 Å². The fraction of sp³-hybridized carbons (Fsp3) is 0.667. The van der Waals surface area contributed by atoms with Crippen LogP contribution in [0.25, 0.3) is 0 Å². The Bertz CT molecular complexity index is 504. The molecule has 2 heterocycles. The van der Waals surface area contributed by atoms with Crippen LogP contribution in [-0.4, -0.2) is 45.1 Å². The number of rotatable bonds is 3. The van der Waals surface area contributed by atoms with Gasteiger partial charge < -0.3 is 15.7 Å². The van der Waals surface area contributed by atoms with Gasteiger partial charge in [0.25, 0.3) is 5.91 Å². The second kappa shape index (κ2) is 6.85. The molecule has 0 unspecified atom stereocenters. The van der Waals surface area contributed by atoms with Gasteiger partial charge in [-0.3, -0.25) is 4.79 Å². The molecule has 1 aliphatic heterocycles. The Hall–Kier alpha value is -1.69. The molecule has 1 fully saturated rings. The molecule has 116 valence electrons. The molecule has 21 heavy (non-hydrogen) atoms. The Balaban J connectivity index is 2.16. The summed E-state index contributed by atoms with van der Waals surface area (Å²) in [5, 5.41) is 9.66. The van der Waals surface area contributed by atoms with E-state index in [0.717, 1.165) is 25.0 Å². The van der Waals surface area contributed by atoms with Gasteiger partial charge in [-0.1, -0.05) is 13.8 Å². The average molecular weight is 292 g/mol. The zero-order chi connectivity index (χ0) is 15.4. The van der Waals surface area contributed by atoms with Crippen LogP contribution in [0.3, 0.4) is 0 Å². The number of hydrogen-bond donors (Lipinski definition) is 2. The highest BCUT2D eigenvalue weighted by molar-refractivity contribution is 5.92. The Labute approximate surface area is 125 Å². The first-order valence-electron chi connectivity index (χ1n) is 7.56. The fourth-order valence-corrected chi connectivity index (χ4v) is 2.59. The van der Waals surface area contributed by atoms with E-state index >= 15 is 0 Å². The van der Waals surface area contributed by atoms with Gasteiger partial charge in [-0.25, -0.2) is 9.97 Å². The molecule has 0 radical (unpaired) electrons. The van der Waals surface area contributed by atoms with Crippen molar-refractivity contribution in [3.8, 4) is 0 Å². The molecule has 1 saturated heterocycles. The summed E-state index contributed by atoms with van der Waals surface area (Å²) < 4.78 is 0. The smallest absolute Gasteiger partial charge is 0.272 e. The molecule has 1 amide bonds. The Morgan fingerprint density at radius 3 is 2.90 bits per heavy atom. The van der Waals surface area contributed by atoms with Crippen molar-refractivity contribution in [2.45, 2.75) is 45.6 Å². The van der Waals surface area contributed by atoms with Crippen molar-refractivity contribution in [2.24, 2.45) is 5.92 Å². The maximum Gasteiger partial charge on any atom is 0.272 e. The Morgan fingerprint density at radius 1 is 1.43 bits per heavy atom. The summed E-state index contributed by atoms with van der Waals surface area (Å²) in [7, 11) is 0. The SMILES string of the molecule is CC(C)Cc1cc(C(=O)N2CCC[C@@H](O)CC2)nc(N)n1. The number of likely N-dealkylation sites (tertiary alicyclic amines) is 1. The molecule has 0 aromatic carbocycles. The number of aliphatic hydroxyl groups excluding tert-OH is 1. The zero-order valence-electron chi connectivity index (χ0n) is 12.7. The van der Waals surface area contributed by atoms with Crippen molar-refractivity contribution in [2.75, 3.05) is 18.8 Å². The fourth-order valence-electron chi connectivity index (χ4n) is 2.59. The molecule has 6 heteroatoms. The largest absolute Gasteiger partial charge is 0.393 e. The molecule has 3 N–H and O–H groups in total. The van der Waals surface area contributed by atoms with Gasteiger partial charge in [-0.2, -0.15) is 0 Å². The van der Waals surface area contributed by atoms with Gasteiger partial charge in [0, 0.05) is 18.8 Å². The van der Waals surface area contributed by atoms with Crippen LogP contribution in [0.2, 0.25) is 0 Å². The van der Waals surface area contributed by atoms with Crippen LogP contribution in [0.5, 0.6) is 0 Å². The molecule has 0 spiro atoms. The van der Waals surface area contributed by atoms with Crippen LogP contribution < -0.4 is 5.73 Å². The van der Waals surface area contributed by atoms with E-state index in [4.69, 9.17) is 5.73 Å². The molecule has 1 aromatic rings. The van der Waals surface area contributed by atoms with E-state index in [2.05, 4.69) is 23.8 Å². The molecule has 0 aliphatic carbocycles. The van der Waals surface area contributed by atoms with E-state index < -0.39 is 0 Å². The third kappa shape index (κ3) is 4.39. The summed E-state index contributed by atoms with van der Waals surface area (Å²) in [6, 6.07) is 1.74. The van der Waals surface area contributed by atoms with Crippen molar-refractivity contribution >= 4 is 11.9 Å². The van der Waals surface area contributed by atoms with Crippen LogP contribution in [0.15, 0.2) is 6.07 Å². The van der Waals surface area contributed by atoms with Crippen molar-refractivity contribution in [3.63, 3.8) is 0 Å². The van der Waals surface area contributed by atoms with Gasteiger partial charge in [-0.05, 0) is 37.7 Å². The minimum absolute atomic E-state index is 0.122. The third-order valence-corrected chi connectivity index (χ3v) is 3.62. The lowest BCUT2D eigenvalue weighted by atomic mass is 10.1. The van der Waals surface area contributed by atoms with Gasteiger partial charge in [-0.15, -0.1) is 0 Å². The lowest BCUT2D eigenvalue weighted by Gasteiger charge is -2.20. The van der Waals surface area contributed by atoms with E-state index in [9.17, 15) is 9.90 Å². The van der Waals surface area contributed by atoms with Gasteiger partial charge in [0.15, 0.2) is 0 Å². The number of anilines is 1. The Morgan fingerprint density at radius 2 is 2.19 bits per heavy atom. The zero-order valence-corrected chi connectivity index (χ0v) is 12.7. The predicted octanol–water partition coefficient (Wildman–Crippen LogP) is 1.24. The van der Waals surface area contributed by atoms with Crippen LogP contribution >= 0.6 is 0 Å². The molecular formula is C15H24N4O2. The number of nitrogens with zero attached hydrogens (tertiary/aromatic N) is 3. The molecular weight excluding hydrogens is 268 g/mol. The highest BCUT2D eigenvalue weighted by Crippen LogP contribution is 2.15. The van der Waals surface area contributed by atoms with Crippen molar-refractivity contribution in [1.29, 1.82) is 0 Å². The second-order valence-electron chi connectivity index (χ2n) is 6.08. The number of nitrogens with two attached hydrogens (primary N) is 1. The van der Waals surface area contributed by atoms with Crippen LogP contribution in [0, 0.1) is 5.92 Å². The maximum absolute atomic E-state index is 12.5.